The number of hydrogen-bond donors (Lipinski definition) is 2. The molecule has 3 N–H and O–H groups in total. The monoisotopic (exact) mass is 264 g/mol. The second kappa shape index (κ2) is 4.96. The molecule has 0 radical (unpaired) electrons. The first-order valence-corrected chi connectivity index (χ1v) is 6.87. The smallest absolute Gasteiger partial charge is 0.225 e. The number of aryl methyl sites for hydroxylation is 2. The van der Waals surface area contributed by atoms with Crippen LogP contribution in [0.25, 0.3) is 0 Å². The van der Waals surface area contributed by atoms with Gasteiger partial charge in [-0.05, 0) is 39.5 Å². The predicted molar refractivity (Wildman–Crippen MR) is 74.7 cm³/mol. The van der Waals surface area contributed by atoms with Crippen molar-refractivity contribution in [2.45, 2.75) is 45.6 Å². The van der Waals surface area contributed by atoms with Crippen molar-refractivity contribution < 1.29 is 4.79 Å². The van der Waals surface area contributed by atoms with E-state index < -0.39 is 0 Å². The summed E-state index contributed by atoms with van der Waals surface area (Å²) in [5.74, 6) is 0.580. The van der Waals surface area contributed by atoms with E-state index in [-0.39, 0.29) is 11.4 Å². The van der Waals surface area contributed by atoms with Crippen molar-refractivity contribution in [3.8, 4) is 0 Å². The fraction of sp³-hybridized carbons (Fsp3) is 0.714. The van der Waals surface area contributed by atoms with Crippen LogP contribution in [0.1, 0.15) is 36.7 Å². The van der Waals surface area contributed by atoms with Gasteiger partial charge in [-0.3, -0.25) is 9.48 Å². The Hall–Kier alpha value is -1.36. The topological polar surface area (TPSA) is 72.9 Å². The normalized spacial score (nSPS) is 18.2. The zero-order valence-electron chi connectivity index (χ0n) is 12.3. The van der Waals surface area contributed by atoms with Gasteiger partial charge >= 0.3 is 0 Å². The van der Waals surface area contributed by atoms with Crippen LogP contribution in [0, 0.1) is 19.8 Å². The lowest BCUT2D eigenvalue weighted by Crippen LogP contribution is -2.53. The zero-order valence-corrected chi connectivity index (χ0v) is 12.3. The van der Waals surface area contributed by atoms with E-state index in [1.54, 1.807) is 0 Å². The van der Waals surface area contributed by atoms with Gasteiger partial charge in [0, 0.05) is 24.8 Å². The van der Waals surface area contributed by atoms with Gasteiger partial charge in [0.1, 0.15) is 0 Å². The molecule has 5 nitrogen and oxygen atoms in total. The summed E-state index contributed by atoms with van der Waals surface area (Å²) < 4.78 is 1.82. The summed E-state index contributed by atoms with van der Waals surface area (Å²) in [7, 11) is 1.90. The highest BCUT2D eigenvalue weighted by Crippen LogP contribution is 2.39. The lowest BCUT2D eigenvalue weighted by molar-refractivity contribution is -0.122. The zero-order chi connectivity index (χ0) is 14.2. The minimum Gasteiger partial charge on any atom is -0.349 e. The van der Waals surface area contributed by atoms with Crippen LogP contribution < -0.4 is 11.1 Å². The van der Waals surface area contributed by atoms with Crippen LogP contribution in [0.3, 0.4) is 0 Å². The summed E-state index contributed by atoms with van der Waals surface area (Å²) in [6.45, 7) is 6.48. The van der Waals surface area contributed by atoms with Crippen molar-refractivity contribution in [2.24, 2.45) is 18.7 Å². The van der Waals surface area contributed by atoms with Gasteiger partial charge in [-0.15, -0.1) is 0 Å². The minimum absolute atomic E-state index is 0.0408. The number of hydrogen-bond acceptors (Lipinski definition) is 3. The van der Waals surface area contributed by atoms with Crippen molar-refractivity contribution in [3.05, 3.63) is 17.0 Å². The van der Waals surface area contributed by atoms with Crippen molar-refractivity contribution >= 4 is 5.91 Å². The van der Waals surface area contributed by atoms with Crippen molar-refractivity contribution in [3.63, 3.8) is 0 Å². The molecular weight excluding hydrogens is 240 g/mol. The highest BCUT2D eigenvalue weighted by Gasteiger charge is 2.41. The Kier molecular flexibility index (Phi) is 3.67. The summed E-state index contributed by atoms with van der Waals surface area (Å²) in [6.07, 6.45) is 2.71. The van der Waals surface area contributed by atoms with E-state index in [9.17, 15) is 4.79 Å². The minimum atomic E-state index is -0.249. The van der Waals surface area contributed by atoms with E-state index in [1.807, 2.05) is 32.5 Å². The number of aromatic nitrogens is 2. The molecule has 106 valence electrons. The molecule has 1 aliphatic rings. The van der Waals surface area contributed by atoms with Crippen LogP contribution in [0.4, 0.5) is 0 Å². The SMILES string of the molecule is Cc1nn(C)c(C)c1CC(=O)NC(C)(CN)C1CC1. The molecule has 19 heavy (non-hydrogen) atoms. The molecule has 0 spiro atoms. The van der Waals surface area contributed by atoms with Gasteiger partial charge in [0.25, 0.3) is 0 Å². The number of rotatable bonds is 5. The summed E-state index contributed by atoms with van der Waals surface area (Å²) in [5.41, 5.74) is 8.57. The Labute approximate surface area is 114 Å². The van der Waals surface area contributed by atoms with Crippen LogP contribution in [-0.4, -0.2) is 27.8 Å². The average molecular weight is 264 g/mol. The van der Waals surface area contributed by atoms with E-state index in [4.69, 9.17) is 5.73 Å². The van der Waals surface area contributed by atoms with E-state index >= 15 is 0 Å². The van der Waals surface area contributed by atoms with E-state index in [0.29, 0.717) is 18.9 Å². The van der Waals surface area contributed by atoms with Gasteiger partial charge in [-0.2, -0.15) is 5.10 Å². The number of carbonyl (C=O) groups excluding carboxylic acids is 1. The molecule has 1 aliphatic carbocycles. The maximum absolute atomic E-state index is 12.2. The van der Waals surface area contributed by atoms with E-state index in [0.717, 1.165) is 17.0 Å². The molecule has 1 amide bonds. The van der Waals surface area contributed by atoms with Crippen LogP contribution in [0.15, 0.2) is 0 Å². The molecule has 5 heteroatoms. The van der Waals surface area contributed by atoms with Gasteiger partial charge in [0.15, 0.2) is 0 Å². The molecule has 1 fully saturated rings. The van der Waals surface area contributed by atoms with Crippen molar-refractivity contribution in [2.75, 3.05) is 6.54 Å². The van der Waals surface area contributed by atoms with Gasteiger partial charge in [0.2, 0.25) is 5.91 Å². The lowest BCUT2D eigenvalue weighted by atomic mass is 9.95. The summed E-state index contributed by atoms with van der Waals surface area (Å²) in [6, 6.07) is 0. The lowest BCUT2D eigenvalue weighted by Gasteiger charge is -2.29. The Bertz CT molecular complexity index is 490. The molecule has 1 aromatic heterocycles. The van der Waals surface area contributed by atoms with Gasteiger partial charge in [-0.1, -0.05) is 0 Å². The third-order valence-corrected chi connectivity index (χ3v) is 4.32. The predicted octanol–water partition coefficient (Wildman–Crippen LogP) is 0.823. The van der Waals surface area contributed by atoms with Gasteiger partial charge in [-0.25, -0.2) is 0 Å². The Balaban J connectivity index is 2.05. The van der Waals surface area contributed by atoms with E-state index in [2.05, 4.69) is 10.4 Å². The number of nitrogens with one attached hydrogen (secondary N) is 1. The fourth-order valence-corrected chi connectivity index (χ4v) is 2.64. The molecule has 0 bridgehead atoms. The molecule has 0 aromatic carbocycles. The Morgan fingerprint density at radius 2 is 2.16 bits per heavy atom. The molecule has 0 saturated heterocycles. The first-order chi connectivity index (χ1) is 8.87. The quantitative estimate of drug-likeness (QED) is 0.827. The molecular formula is C14H24N4O. The summed E-state index contributed by atoms with van der Waals surface area (Å²) in [4.78, 5) is 12.2. The third kappa shape index (κ3) is 2.81. The third-order valence-electron chi connectivity index (χ3n) is 4.32. The van der Waals surface area contributed by atoms with E-state index in [1.165, 1.54) is 12.8 Å². The van der Waals surface area contributed by atoms with Gasteiger partial charge in [0.05, 0.1) is 17.7 Å². The van der Waals surface area contributed by atoms with Gasteiger partial charge < -0.3 is 11.1 Å². The molecule has 1 saturated carbocycles. The maximum Gasteiger partial charge on any atom is 0.225 e. The first kappa shape index (κ1) is 14.1. The summed E-state index contributed by atoms with van der Waals surface area (Å²) in [5, 5.41) is 7.46. The Morgan fingerprint density at radius 1 is 1.53 bits per heavy atom. The molecule has 2 rings (SSSR count). The van der Waals surface area contributed by atoms with Crippen LogP contribution in [0.5, 0.6) is 0 Å². The second-order valence-corrected chi connectivity index (χ2v) is 5.89. The summed E-state index contributed by atoms with van der Waals surface area (Å²) >= 11 is 0. The van der Waals surface area contributed by atoms with Crippen LogP contribution >= 0.6 is 0 Å². The molecule has 1 atom stereocenters. The van der Waals surface area contributed by atoms with Crippen molar-refractivity contribution in [1.29, 1.82) is 0 Å². The number of amides is 1. The largest absolute Gasteiger partial charge is 0.349 e. The number of nitrogens with two attached hydrogens (primary N) is 1. The highest BCUT2D eigenvalue weighted by molar-refractivity contribution is 5.80. The highest BCUT2D eigenvalue weighted by atomic mass is 16.1. The maximum atomic E-state index is 12.2. The molecule has 1 aromatic rings. The first-order valence-electron chi connectivity index (χ1n) is 6.87. The molecule has 1 heterocycles. The van der Waals surface area contributed by atoms with Crippen LogP contribution in [-0.2, 0) is 18.3 Å². The van der Waals surface area contributed by atoms with Crippen molar-refractivity contribution in [1.82, 2.24) is 15.1 Å². The molecule has 0 aliphatic heterocycles. The molecule has 1 unspecified atom stereocenters. The average Bonchev–Trinajstić information content (AvgIpc) is 3.15. The second-order valence-electron chi connectivity index (χ2n) is 5.89. The fourth-order valence-electron chi connectivity index (χ4n) is 2.64. The Morgan fingerprint density at radius 3 is 2.58 bits per heavy atom. The number of carbonyl (C=O) groups is 1. The standard InChI is InChI=1S/C14H24N4O/c1-9-12(10(2)18(4)17-9)7-13(19)16-14(3,8-15)11-5-6-11/h11H,5-8,15H2,1-4H3,(H,16,19). The number of nitrogens with zero attached hydrogens (tertiary/aromatic N) is 2. The van der Waals surface area contributed by atoms with Crippen LogP contribution in [0.2, 0.25) is 0 Å².